The van der Waals surface area contributed by atoms with E-state index in [4.69, 9.17) is 9.47 Å². The van der Waals surface area contributed by atoms with Crippen LogP contribution in [-0.4, -0.2) is 24.8 Å². The van der Waals surface area contributed by atoms with Crippen molar-refractivity contribution in [1.82, 2.24) is 4.98 Å². The Morgan fingerprint density at radius 2 is 2.31 bits per heavy atom. The molecule has 0 bridgehead atoms. The van der Waals surface area contributed by atoms with Crippen LogP contribution in [0.3, 0.4) is 0 Å². The number of pyridine rings is 1. The first-order chi connectivity index (χ1) is 6.34. The van der Waals surface area contributed by atoms with Gasteiger partial charge in [0.1, 0.15) is 6.61 Å². The smallest absolute Gasteiger partial charge is 0.228 e. The molecule has 0 aliphatic rings. The minimum absolute atomic E-state index is 0.531. The maximum absolute atomic E-state index is 5.36. The quantitative estimate of drug-likeness (QED) is 0.747. The van der Waals surface area contributed by atoms with Gasteiger partial charge in [-0.25, -0.2) is 4.98 Å². The molecule has 0 saturated heterocycles. The Balaban J connectivity index is 2.32. The zero-order valence-corrected chi connectivity index (χ0v) is 9.08. The van der Waals surface area contributed by atoms with E-state index in [1.807, 2.05) is 19.1 Å². The van der Waals surface area contributed by atoms with Crippen LogP contribution >= 0.6 is 15.9 Å². The summed E-state index contributed by atoms with van der Waals surface area (Å²) in [6.07, 6.45) is 1.70. The maximum atomic E-state index is 5.36. The second-order valence-electron chi connectivity index (χ2n) is 2.34. The third-order valence-corrected chi connectivity index (χ3v) is 2.00. The molecule has 1 rings (SSSR count). The van der Waals surface area contributed by atoms with Gasteiger partial charge < -0.3 is 9.47 Å². The van der Waals surface area contributed by atoms with Crippen LogP contribution in [0, 0.1) is 0 Å². The fraction of sp³-hybridized carbons (Fsp3) is 0.444. The molecule has 0 unspecified atom stereocenters. The molecule has 0 aromatic carbocycles. The molecular formula is C9H12BrNO2. The Morgan fingerprint density at radius 3 is 3.00 bits per heavy atom. The molecule has 0 saturated carbocycles. The highest BCUT2D eigenvalue weighted by atomic mass is 79.9. The van der Waals surface area contributed by atoms with E-state index in [2.05, 4.69) is 20.9 Å². The van der Waals surface area contributed by atoms with Gasteiger partial charge in [-0.2, -0.15) is 0 Å². The van der Waals surface area contributed by atoms with E-state index in [1.54, 1.807) is 6.20 Å². The van der Waals surface area contributed by atoms with Crippen LogP contribution in [0.15, 0.2) is 22.8 Å². The molecule has 1 aromatic rings. The van der Waals surface area contributed by atoms with Crippen molar-refractivity contribution in [2.75, 3.05) is 19.8 Å². The molecule has 72 valence electrons. The zero-order chi connectivity index (χ0) is 9.52. The van der Waals surface area contributed by atoms with Crippen LogP contribution in [0.5, 0.6) is 5.88 Å². The number of rotatable bonds is 5. The van der Waals surface area contributed by atoms with E-state index >= 15 is 0 Å². The molecule has 0 aliphatic carbocycles. The average Bonchev–Trinajstić information content (AvgIpc) is 2.15. The fourth-order valence-electron chi connectivity index (χ4n) is 0.819. The Morgan fingerprint density at radius 1 is 1.46 bits per heavy atom. The Kier molecular flexibility index (Phi) is 4.78. The highest BCUT2D eigenvalue weighted by Crippen LogP contribution is 2.20. The van der Waals surface area contributed by atoms with Gasteiger partial charge in [0.05, 0.1) is 11.1 Å². The van der Waals surface area contributed by atoms with E-state index < -0.39 is 0 Å². The normalized spacial score (nSPS) is 10.0. The molecule has 0 aliphatic heterocycles. The van der Waals surface area contributed by atoms with Gasteiger partial charge in [-0.1, -0.05) is 0 Å². The zero-order valence-electron chi connectivity index (χ0n) is 7.50. The van der Waals surface area contributed by atoms with E-state index in [0.29, 0.717) is 25.7 Å². The second-order valence-corrected chi connectivity index (χ2v) is 3.19. The summed E-state index contributed by atoms with van der Waals surface area (Å²) in [5, 5.41) is 0. The summed E-state index contributed by atoms with van der Waals surface area (Å²) in [6.45, 7) is 3.80. The standard InChI is InChI=1S/C9H12BrNO2/c1-2-12-6-7-13-9-8(10)4-3-5-11-9/h3-5H,2,6-7H2,1H3. The minimum Gasteiger partial charge on any atom is -0.474 e. The van der Waals surface area contributed by atoms with Crippen molar-refractivity contribution in [2.24, 2.45) is 0 Å². The summed E-state index contributed by atoms with van der Waals surface area (Å²) < 4.78 is 11.3. The molecule has 1 heterocycles. The number of hydrogen-bond acceptors (Lipinski definition) is 3. The summed E-state index contributed by atoms with van der Waals surface area (Å²) >= 11 is 3.34. The number of hydrogen-bond donors (Lipinski definition) is 0. The molecule has 0 atom stereocenters. The second kappa shape index (κ2) is 5.94. The van der Waals surface area contributed by atoms with Crippen LogP contribution in [0.4, 0.5) is 0 Å². The van der Waals surface area contributed by atoms with Crippen LogP contribution in [0.1, 0.15) is 6.92 Å². The predicted octanol–water partition coefficient (Wildman–Crippen LogP) is 2.26. The van der Waals surface area contributed by atoms with Crippen molar-refractivity contribution in [3.8, 4) is 5.88 Å². The first-order valence-electron chi connectivity index (χ1n) is 4.15. The highest BCUT2D eigenvalue weighted by molar-refractivity contribution is 9.10. The first kappa shape index (κ1) is 10.5. The molecule has 13 heavy (non-hydrogen) atoms. The van der Waals surface area contributed by atoms with Crippen molar-refractivity contribution < 1.29 is 9.47 Å². The lowest BCUT2D eigenvalue weighted by atomic mass is 10.5. The highest BCUT2D eigenvalue weighted by Gasteiger charge is 1.99. The topological polar surface area (TPSA) is 31.4 Å². The number of nitrogens with zero attached hydrogens (tertiary/aromatic N) is 1. The third-order valence-electron chi connectivity index (χ3n) is 1.40. The maximum Gasteiger partial charge on any atom is 0.228 e. The molecule has 0 radical (unpaired) electrons. The van der Waals surface area contributed by atoms with Crippen LogP contribution in [0.2, 0.25) is 0 Å². The lowest BCUT2D eigenvalue weighted by Gasteiger charge is -2.05. The average molecular weight is 246 g/mol. The Labute approximate surface area is 86.2 Å². The van der Waals surface area contributed by atoms with Gasteiger partial charge in [0.15, 0.2) is 0 Å². The number of halogens is 1. The molecule has 0 spiro atoms. The van der Waals surface area contributed by atoms with Gasteiger partial charge in [0.25, 0.3) is 0 Å². The van der Waals surface area contributed by atoms with Crippen molar-refractivity contribution in [2.45, 2.75) is 6.92 Å². The van der Waals surface area contributed by atoms with Crippen molar-refractivity contribution in [1.29, 1.82) is 0 Å². The van der Waals surface area contributed by atoms with E-state index in [0.717, 1.165) is 4.47 Å². The summed E-state index contributed by atoms with van der Waals surface area (Å²) in [7, 11) is 0. The minimum atomic E-state index is 0.531. The molecule has 0 N–H and O–H groups in total. The van der Waals surface area contributed by atoms with Crippen LogP contribution in [-0.2, 0) is 4.74 Å². The van der Waals surface area contributed by atoms with Gasteiger partial charge >= 0.3 is 0 Å². The van der Waals surface area contributed by atoms with Crippen molar-refractivity contribution in [3.63, 3.8) is 0 Å². The fourth-order valence-corrected chi connectivity index (χ4v) is 1.19. The van der Waals surface area contributed by atoms with Crippen molar-refractivity contribution >= 4 is 15.9 Å². The predicted molar refractivity (Wildman–Crippen MR) is 53.9 cm³/mol. The van der Waals surface area contributed by atoms with Gasteiger partial charge in [0, 0.05) is 12.8 Å². The third kappa shape index (κ3) is 3.74. The molecule has 1 aromatic heterocycles. The van der Waals surface area contributed by atoms with Crippen LogP contribution < -0.4 is 4.74 Å². The van der Waals surface area contributed by atoms with E-state index in [-0.39, 0.29) is 0 Å². The van der Waals surface area contributed by atoms with E-state index in [1.165, 1.54) is 0 Å². The monoisotopic (exact) mass is 245 g/mol. The lowest BCUT2D eigenvalue weighted by Crippen LogP contribution is -2.07. The summed E-state index contributed by atoms with van der Waals surface area (Å²) in [4.78, 5) is 4.05. The summed E-state index contributed by atoms with van der Waals surface area (Å²) in [5.41, 5.74) is 0. The Hall–Kier alpha value is -0.610. The molecule has 0 amide bonds. The van der Waals surface area contributed by atoms with Gasteiger partial charge in [-0.15, -0.1) is 0 Å². The molecule has 4 heteroatoms. The molecule has 3 nitrogen and oxygen atoms in total. The summed E-state index contributed by atoms with van der Waals surface area (Å²) in [6, 6.07) is 3.74. The SMILES string of the molecule is CCOCCOc1ncccc1Br. The number of aromatic nitrogens is 1. The van der Waals surface area contributed by atoms with Crippen molar-refractivity contribution in [3.05, 3.63) is 22.8 Å². The van der Waals surface area contributed by atoms with Gasteiger partial charge in [0.2, 0.25) is 5.88 Å². The van der Waals surface area contributed by atoms with Gasteiger partial charge in [-0.05, 0) is 35.0 Å². The first-order valence-corrected chi connectivity index (χ1v) is 4.95. The van der Waals surface area contributed by atoms with Crippen LogP contribution in [0.25, 0.3) is 0 Å². The summed E-state index contributed by atoms with van der Waals surface area (Å²) in [5.74, 6) is 0.613. The largest absolute Gasteiger partial charge is 0.474 e. The molecular weight excluding hydrogens is 234 g/mol. The lowest BCUT2D eigenvalue weighted by molar-refractivity contribution is 0.108. The van der Waals surface area contributed by atoms with Gasteiger partial charge in [-0.3, -0.25) is 0 Å². The Bertz CT molecular complexity index is 255. The van der Waals surface area contributed by atoms with E-state index in [9.17, 15) is 0 Å². The number of ether oxygens (including phenoxy) is 2. The molecule has 0 fully saturated rings.